The van der Waals surface area contributed by atoms with E-state index in [2.05, 4.69) is 0 Å². The molecular weight excluding hydrogens is 198 g/mol. The van der Waals surface area contributed by atoms with E-state index in [0.717, 1.165) is 11.1 Å². The predicted molar refractivity (Wildman–Crippen MR) is 66.1 cm³/mol. The summed E-state index contributed by atoms with van der Waals surface area (Å²) in [5, 5.41) is 10.1. The first kappa shape index (κ1) is 10.7. The first-order valence-corrected chi connectivity index (χ1v) is 5.27. The Kier molecular flexibility index (Phi) is 2.93. The van der Waals surface area contributed by atoms with Crippen LogP contribution in [0.2, 0.25) is 0 Å². The highest BCUT2D eigenvalue weighted by Crippen LogP contribution is 2.22. The topological polar surface area (TPSA) is 46.2 Å². The van der Waals surface area contributed by atoms with Gasteiger partial charge in [0.05, 0.1) is 0 Å². The van der Waals surface area contributed by atoms with Crippen LogP contribution in [0.5, 0.6) is 0 Å². The zero-order valence-corrected chi connectivity index (χ0v) is 9.22. The van der Waals surface area contributed by atoms with Crippen molar-refractivity contribution in [2.24, 2.45) is 0 Å². The fourth-order valence-corrected chi connectivity index (χ4v) is 1.62. The van der Waals surface area contributed by atoms with Gasteiger partial charge in [-0.05, 0) is 30.2 Å². The molecule has 2 aromatic rings. The molecule has 0 amide bonds. The fourth-order valence-electron chi connectivity index (χ4n) is 1.62. The summed E-state index contributed by atoms with van der Waals surface area (Å²) < 4.78 is 0. The van der Waals surface area contributed by atoms with Gasteiger partial charge in [0.15, 0.2) is 0 Å². The van der Waals surface area contributed by atoms with Crippen LogP contribution in [0.25, 0.3) is 0 Å². The van der Waals surface area contributed by atoms with Crippen molar-refractivity contribution in [3.05, 3.63) is 65.2 Å². The van der Waals surface area contributed by atoms with Crippen molar-refractivity contribution < 1.29 is 5.11 Å². The van der Waals surface area contributed by atoms with Crippen LogP contribution in [0.4, 0.5) is 5.69 Å². The lowest BCUT2D eigenvalue weighted by Gasteiger charge is -2.11. The average Bonchev–Trinajstić information content (AvgIpc) is 2.30. The summed E-state index contributed by atoms with van der Waals surface area (Å²) in [6.07, 6.45) is -0.582. The molecule has 0 saturated carbocycles. The van der Waals surface area contributed by atoms with Gasteiger partial charge in [0.25, 0.3) is 0 Å². The molecule has 2 nitrogen and oxygen atoms in total. The summed E-state index contributed by atoms with van der Waals surface area (Å²) in [6, 6.07) is 15.2. The van der Waals surface area contributed by atoms with Crippen LogP contribution < -0.4 is 5.73 Å². The van der Waals surface area contributed by atoms with E-state index >= 15 is 0 Å². The van der Waals surface area contributed by atoms with Gasteiger partial charge in [0.2, 0.25) is 0 Å². The molecule has 0 bridgehead atoms. The van der Waals surface area contributed by atoms with Gasteiger partial charge in [-0.3, -0.25) is 0 Å². The fraction of sp³-hybridized carbons (Fsp3) is 0.143. The predicted octanol–water partition coefficient (Wildman–Crippen LogP) is 2.66. The van der Waals surface area contributed by atoms with Crippen molar-refractivity contribution in [2.45, 2.75) is 13.0 Å². The first-order chi connectivity index (χ1) is 7.66. The lowest BCUT2D eigenvalue weighted by Crippen LogP contribution is -1.99. The maximum atomic E-state index is 10.1. The van der Waals surface area contributed by atoms with Gasteiger partial charge < -0.3 is 10.8 Å². The second kappa shape index (κ2) is 4.37. The minimum Gasteiger partial charge on any atom is -0.399 e. The number of nitrogen functional groups attached to an aromatic ring is 1. The largest absolute Gasteiger partial charge is 0.399 e. The molecule has 2 rings (SSSR count). The third kappa shape index (κ3) is 2.23. The van der Waals surface area contributed by atoms with Crippen molar-refractivity contribution in [1.29, 1.82) is 0 Å². The second-order valence-electron chi connectivity index (χ2n) is 3.98. The van der Waals surface area contributed by atoms with E-state index in [1.54, 1.807) is 12.1 Å². The number of anilines is 1. The summed E-state index contributed by atoms with van der Waals surface area (Å²) in [4.78, 5) is 0. The Morgan fingerprint density at radius 1 is 0.875 bits per heavy atom. The average molecular weight is 213 g/mol. The smallest absolute Gasteiger partial charge is 0.104 e. The quantitative estimate of drug-likeness (QED) is 0.753. The number of hydrogen-bond donors (Lipinski definition) is 2. The molecule has 2 heteroatoms. The maximum Gasteiger partial charge on any atom is 0.104 e. The molecule has 0 fully saturated rings. The highest BCUT2D eigenvalue weighted by atomic mass is 16.3. The number of hydrogen-bond acceptors (Lipinski definition) is 2. The summed E-state index contributed by atoms with van der Waals surface area (Å²) in [6.45, 7) is 2.03. The van der Waals surface area contributed by atoms with E-state index in [0.29, 0.717) is 5.69 Å². The van der Waals surface area contributed by atoms with E-state index in [1.165, 1.54) is 5.56 Å². The van der Waals surface area contributed by atoms with Gasteiger partial charge in [0, 0.05) is 5.69 Å². The number of aliphatic hydroxyl groups is 1. The zero-order valence-electron chi connectivity index (χ0n) is 9.22. The maximum absolute atomic E-state index is 10.1. The van der Waals surface area contributed by atoms with Gasteiger partial charge in [-0.15, -0.1) is 0 Å². The lowest BCUT2D eigenvalue weighted by molar-refractivity contribution is 0.220. The number of aryl methyl sites for hydroxylation is 1. The molecule has 82 valence electrons. The van der Waals surface area contributed by atoms with Gasteiger partial charge >= 0.3 is 0 Å². The molecule has 0 unspecified atom stereocenters. The van der Waals surface area contributed by atoms with Crippen LogP contribution in [0.15, 0.2) is 48.5 Å². The molecule has 0 spiro atoms. The molecule has 16 heavy (non-hydrogen) atoms. The zero-order chi connectivity index (χ0) is 11.5. The molecule has 0 heterocycles. The minimum absolute atomic E-state index is 0.582. The van der Waals surface area contributed by atoms with Crippen molar-refractivity contribution in [3.63, 3.8) is 0 Å². The summed E-state index contributed by atoms with van der Waals surface area (Å²) >= 11 is 0. The first-order valence-electron chi connectivity index (χ1n) is 5.27. The van der Waals surface area contributed by atoms with Crippen molar-refractivity contribution >= 4 is 5.69 Å². The van der Waals surface area contributed by atoms with E-state index < -0.39 is 6.10 Å². The Hall–Kier alpha value is -1.80. The summed E-state index contributed by atoms with van der Waals surface area (Å²) in [5.74, 6) is 0. The van der Waals surface area contributed by atoms with Crippen LogP contribution in [0, 0.1) is 6.92 Å². The van der Waals surface area contributed by atoms with Crippen LogP contribution in [0.1, 0.15) is 22.8 Å². The Morgan fingerprint density at radius 3 is 1.81 bits per heavy atom. The van der Waals surface area contributed by atoms with E-state index in [4.69, 9.17) is 5.73 Å². The SMILES string of the molecule is Cc1ccc([C@@H](O)c2ccc(N)cc2)cc1. The molecule has 0 aliphatic carbocycles. The number of nitrogens with two attached hydrogens (primary N) is 1. The molecule has 1 atom stereocenters. The van der Waals surface area contributed by atoms with Crippen LogP contribution in [-0.4, -0.2) is 5.11 Å². The lowest BCUT2D eigenvalue weighted by atomic mass is 10.0. The van der Waals surface area contributed by atoms with E-state index in [9.17, 15) is 5.11 Å². The highest BCUT2D eigenvalue weighted by Gasteiger charge is 2.09. The van der Waals surface area contributed by atoms with E-state index in [-0.39, 0.29) is 0 Å². The van der Waals surface area contributed by atoms with Crippen molar-refractivity contribution in [3.8, 4) is 0 Å². The highest BCUT2D eigenvalue weighted by molar-refractivity contribution is 5.41. The molecule has 0 aliphatic heterocycles. The van der Waals surface area contributed by atoms with E-state index in [1.807, 2.05) is 43.3 Å². The molecule has 0 saturated heterocycles. The van der Waals surface area contributed by atoms with Crippen LogP contribution in [0.3, 0.4) is 0 Å². The van der Waals surface area contributed by atoms with Gasteiger partial charge in [0.1, 0.15) is 6.10 Å². The molecule has 3 N–H and O–H groups in total. The minimum atomic E-state index is -0.582. The third-order valence-corrected chi connectivity index (χ3v) is 2.65. The molecule has 2 aromatic carbocycles. The number of rotatable bonds is 2. The Labute approximate surface area is 95.4 Å². The summed E-state index contributed by atoms with van der Waals surface area (Å²) in [7, 11) is 0. The molecule has 0 radical (unpaired) electrons. The van der Waals surface area contributed by atoms with Crippen LogP contribution in [-0.2, 0) is 0 Å². The Balaban J connectivity index is 2.28. The number of benzene rings is 2. The third-order valence-electron chi connectivity index (χ3n) is 2.65. The Bertz CT molecular complexity index is 414. The van der Waals surface area contributed by atoms with Gasteiger partial charge in [-0.2, -0.15) is 0 Å². The standard InChI is InChI=1S/C14H15NO/c1-10-2-4-11(5-3-10)14(16)12-6-8-13(15)9-7-12/h2-9,14,16H,15H2,1H3/t14-/m1/s1. The van der Waals surface area contributed by atoms with Gasteiger partial charge in [-0.1, -0.05) is 42.0 Å². The second-order valence-corrected chi connectivity index (χ2v) is 3.98. The normalized spacial score (nSPS) is 12.4. The van der Waals surface area contributed by atoms with Crippen molar-refractivity contribution in [1.82, 2.24) is 0 Å². The number of aliphatic hydroxyl groups excluding tert-OH is 1. The summed E-state index contributed by atoms with van der Waals surface area (Å²) in [5.41, 5.74) is 9.26. The van der Waals surface area contributed by atoms with Crippen molar-refractivity contribution in [2.75, 3.05) is 5.73 Å². The molecular formula is C14H15NO. The monoisotopic (exact) mass is 213 g/mol. The molecule has 0 aliphatic rings. The van der Waals surface area contributed by atoms with Crippen LogP contribution >= 0.6 is 0 Å². The van der Waals surface area contributed by atoms with Gasteiger partial charge in [-0.25, -0.2) is 0 Å². The molecule has 0 aromatic heterocycles. The Morgan fingerprint density at radius 2 is 1.31 bits per heavy atom.